The number of Topliss-reactive ketones (excluding diaryl/α,β-unsaturated/α-hetero) is 1. The molecule has 0 aliphatic carbocycles. The molecule has 4 nitrogen and oxygen atoms in total. The van der Waals surface area contributed by atoms with Crippen molar-refractivity contribution in [3.63, 3.8) is 0 Å². The van der Waals surface area contributed by atoms with Gasteiger partial charge < -0.3 is 0 Å². The van der Waals surface area contributed by atoms with E-state index in [9.17, 15) is 9.00 Å². The van der Waals surface area contributed by atoms with Crippen LogP contribution in [-0.2, 0) is 21.4 Å². The van der Waals surface area contributed by atoms with Gasteiger partial charge in [-0.1, -0.05) is 0 Å². The van der Waals surface area contributed by atoms with E-state index in [-0.39, 0.29) is 17.4 Å². The van der Waals surface area contributed by atoms with Crippen molar-refractivity contribution >= 4 is 26.5 Å². The third kappa shape index (κ3) is 2.42. The van der Waals surface area contributed by atoms with Gasteiger partial charge in [0.25, 0.3) is 0 Å². The maximum atomic E-state index is 10.7. The third-order valence-corrected chi connectivity index (χ3v) is 2.19. The van der Waals surface area contributed by atoms with Gasteiger partial charge in [-0.15, -0.1) is 0 Å². The van der Waals surface area contributed by atoms with Crippen LogP contribution in [0.15, 0.2) is 17.3 Å². The average molecular weight is 207 g/mol. The number of halogens is 1. The molecule has 0 amide bonds. The van der Waals surface area contributed by atoms with Crippen molar-refractivity contribution in [2.24, 2.45) is 0 Å². The van der Waals surface area contributed by atoms with E-state index < -0.39 is 10.0 Å². The number of ketones is 1. The van der Waals surface area contributed by atoms with E-state index in [0.29, 0.717) is 0 Å². The molecule has 1 rings (SSSR count). The highest BCUT2D eigenvalue weighted by Gasteiger charge is 2.04. The molecule has 1 aromatic rings. The molecule has 0 spiro atoms. The molecule has 0 aromatic carbocycles. The summed E-state index contributed by atoms with van der Waals surface area (Å²) in [4.78, 5) is 10.6. The first-order valence-corrected chi connectivity index (χ1v) is 5.18. The summed E-state index contributed by atoms with van der Waals surface area (Å²) in [6, 6.07) is 1.52. The summed E-state index contributed by atoms with van der Waals surface area (Å²) in [7, 11) is 3.67. The Hall–Kier alpha value is -0.680. The minimum atomic E-state index is -1.59. The van der Waals surface area contributed by atoms with Crippen LogP contribution in [0.2, 0.25) is 0 Å². The summed E-state index contributed by atoms with van der Waals surface area (Å²) in [6.45, 7) is 1.65. The summed E-state index contributed by atoms with van der Waals surface area (Å²) < 4.78 is 12.1. The second-order valence-corrected chi connectivity index (χ2v) is 3.98. The molecule has 1 atom stereocenters. The molecule has 0 saturated carbocycles. The first kappa shape index (κ1) is 9.41. The monoisotopic (exact) mass is 206 g/mol. The number of rotatable bonds is 3. The highest BCUT2D eigenvalue weighted by Crippen LogP contribution is 2.05. The minimum absolute atomic E-state index is 0.00925. The molecule has 1 unspecified atom stereocenters. The fourth-order valence-electron chi connectivity index (χ4n) is 0.745. The van der Waals surface area contributed by atoms with Crippen molar-refractivity contribution in [3.8, 4) is 0 Å². The Kier molecular flexibility index (Phi) is 2.99. The first-order chi connectivity index (χ1) is 5.59. The van der Waals surface area contributed by atoms with Gasteiger partial charge in [-0.3, -0.25) is 9.48 Å². The van der Waals surface area contributed by atoms with Crippen molar-refractivity contribution in [2.45, 2.75) is 18.5 Å². The van der Waals surface area contributed by atoms with E-state index in [1.54, 1.807) is 6.20 Å². The van der Waals surface area contributed by atoms with Crippen LogP contribution < -0.4 is 0 Å². The first-order valence-electron chi connectivity index (χ1n) is 3.20. The Balaban J connectivity index is 2.77. The van der Waals surface area contributed by atoms with E-state index >= 15 is 0 Å². The molecule has 1 aromatic heterocycles. The van der Waals surface area contributed by atoms with Gasteiger partial charge in [-0.2, -0.15) is 5.10 Å². The Labute approximate surface area is 76.5 Å². The van der Waals surface area contributed by atoms with Crippen molar-refractivity contribution in [1.29, 1.82) is 0 Å². The lowest BCUT2D eigenvalue weighted by Gasteiger charge is -1.93. The highest BCUT2D eigenvalue weighted by molar-refractivity contribution is 8.08. The topological polar surface area (TPSA) is 52.0 Å². The molecule has 0 fully saturated rings. The summed E-state index contributed by atoms with van der Waals surface area (Å²) in [5, 5.41) is 4.09. The molecule has 6 heteroatoms. The van der Waals surface area contributed by atoms with Crippen LogP contribution in [-0.4, -0.2) is 19.8 Å². The highest BCUT2D eigenvalue weighted by atomic mass is 35.7. The largest absolute Gasteiger partial charge is 0.298 e. The number of hydrogen-bond acceptors (Lipinski definition) is 3. The van der Waals surface area contributed by atoms with Crippen molar-refractivity contribution in [3.05, 3.63) is 12.3 Å². The van der Waals surface area contributed by atoms with E-state index in [1.165, 1.54) is 17.7 Å². The molecule has 0 aliphatic rings. The van der Waals surface area contributed by atoms with Crippen molar-refractivity contribution < 1.29 is 9.00 Å². The smallest absolute Gasteiger partial charge is 0.168 e. The lowest BCUT2D eigenvalue weighted by molar-refractivity contribution is -0.117. The normalized spacial score (nSPS) is 12.8. The number of aromatic nitrogens is 2. The Morgan fingerprint density at radius 3 is 2.92 bits per heavy atom. The maximum Gasteiger partial charge on any atom is 0.168 e. The van der Waals surface area contributed by atoms with Crippen LogP contribution in [0, 0.1) is 0 Å². The lowest BCUT2D eigenvalue weighted by Crippen LogP contribution is -2.06. The van der Waals surface area contributed by atoms with Gasteiger partial charge in [0, 0.05) is 6.20 Å². The average Bonchev–Trinajstić information content (AvgIpc) is 2.34. The van der Waals surface area contributed by atoms with Gasteiger partial charge >= 0.3 is 0 Å². The fourth-order valence-corrected chi connectivity index (χ4v) is 1.33. The van der Waals surface area contributed by atoms with Crippen LogP contribution in [0.5, 0.6) is 0 Å². The van der Waals surface area contributed by atoms with Crippen molar-refractivity contribution in [1.82, 2.24) is 9.78 Å². The predicted molar refractivity (Wildman–Crippen MR) is 45.2 cm³/mol. The summed E-state index contributed by atoms with van der Waals surface area (Å²) >= 11 is 0. The molecule has 0 radical (unpaired) electrons. The molecule has 12 heavy (non-hydrogen) atoms. The van der Waals surface area contributed by atoms with Gasteiger partial charge in [-0.05, 0) is 23.7 Å². The lowest BCUT2D eigenvalue weighted by atomic mass is 10.4. The van der Waals surface area contributed by atoms with Crippen LogP contribution in [0.25, 0.3) is 0 Å². The van der Waals surface area contributed by atoms with Crippen LogP contribution in [0.1, 0.15) is 6.92 Å². The van der Waals surface area contributed by atoms with Crippen molar-refractivity contribution in [2.75, 3.05) is 0 Å². The van der Waals surface area contributed by atoms with Gasteiger partial charge in [0.05, 0.1) is 6.54 Å². The molecule has 0 aliphatic heterocycles. The third-order valence-electron chi connectivity index (χ3n) is 1.17. The van der Waals surface area contributed by atoms with E-state index in [1.807, 2.05) is 0 Å². The quantitative estimate of drug-likeness (QED) is 0.686. The zero-order valence-corrected chi connectivity index (χ0v) is 7.93. The molecule has 1 heterocycles. The van der Waals surface area contributed by atoms with E-state index in [4.69, 9.17) is 10.7 Å². The van der Waals surface area contributed by atoms with Gasteiger partial charge in [-0.25, -0.2) is 4.21 Å². The number of carbonyl (C=O) groups is 1. The summed E-state index contributed by atoms with van der Waals surface area (Å²) in [6.07, 6.45) is 1.57. The fraction of sp³-hybridized carbons (Fsp3) is 0.333. The number of hydrogen-bond donors (Lipinski definition) is 0. The molecule has 0 N–H and O–H groups in total. The summed E-state index contributed by atoms with van der Waals surface area (Å²) in [5.41, 5.74) is 0. The Morgan fingerprint density at radius 1 is 1.83 bits per heavy atom. The van der Waals surface area contributed by atoms with Gasteiger partial charge in [0.1, 0.15) is 0 Å². The zero-order chi connectivity index (χ0) is 9.14. The van der Waals surface area contributed by atoms with Crippen LogP contribution in [0.4, 0.5) is 0 Å². The second kappa shape index (κ2) is 3.82. The minimum Gasteiger partial charge on any atom is -0.298 e. The van der Waals surface area contributed by atoms with Crippen LogP contribution in [0.3, 0.4) is 0 Å². The van der Waals surface area contributed by atoms with E-state index in [2.05, 4.69) is 5.10 Å². The molecular weight excluding hydrogens is 200 g/mol. The summed E-state index contributed by atoms with van der Waals surface area (Å²) in [5.74, 6) is -0.00925. The molecule has 0 saturated heterocycles. The zero-order valence-electron chi connectivity index (χ0n) is 6.36. The standard InChI is InChI=1S/C6H7ClN2O2S/c1-5(10)4-9-3-2-6(8-9)12(7)11/h2-3H,4H2,1H3. The van der Waals surface area contributed by atoms with Crippen LogP contribution >= 0.6 is 10.7 Å². The Bertz CT molecular complexity index is 323. The predicted octanol–water partition coefficient (Wildman–Crippen LogP) is 0.734. The SMILES string of the molecule is CC(=O)Cn1ccc(S(=O)Cl)n1. The Morgan fingerprint density at radius 2 is 2.50 bits per heavy atom. The second-order valence-electron chi connectivity index (χ2n) is 2.28. The molecule has 0 bridgehead atoms. The maximum absolute atomic E-state index is 10.7. The van der Waals surface area contributed by atoms with Gasteiger partial charge in [0.2, 0.25) is 0 Å². The van der Waals surface area contributed by atoms with Gasteiger partial charge in [0.15, 0.2) is 20.8 Å². The number of carbonyl (C=O) groups excluding carboxylic acids is 1. The molecule has 66 valence electrons. The number of nitrogens with zero attached hydrogens (tertiary/aromatic N) is 2. The molecular formula is C6H7ClN2O2S. The van der Waals surface area contributed by atoms with E-state index in [0.717, 1.165) is 0 Å².